The van der Waals surface area contributed by atoms with E-state index in [1.54, 1.807) is 12.1 Å². The van der Waals surface area contributed by atoms with Crippen LogP contribution in [0.25, 0.3) is 0 Å². The van der Waals surface area contributed by atoms with Gasteiger partial charge in [0, 0.05) is 18.1 Å². The van der Waals surface area contributed by atoms with Crippen molar-refractivity contribution in [3.63, 3.8) is 0 Å². The van der Waals surface area contributed by atoms with Crippen molar-refractivity contribution in [1.82, 2.24) is 0 Å². The molecule has 4 fully saturated rings. The predicted octanol–water partition coefficient (Wildman–Crippen LogP) is 6.82. The van der Waals surface area contributed by atoms with Crippen LogP contribution < -0.4 is 11.1 Å². The second-order valence-corrected chi connectivity index (χ2v) is 12.9. The van der Waals surface area contributed by atoms with Crippen molar-refractivity contribution in [2.75, 3.05) is 31.3 Å². The summed E-state index contributed by atoms with van der Waals surface area (Å²) in [7, 11) is 1.91. The highest BCUT2D eigenvalue weighted by atomic mass is 35.5. The van der Waals surface area contributed by atoms with Gasteiger partial charge in [0.05, 0.1) is 24.5 Å². The number of carbonyl (C=O) groups excluding carboxylic acids is 1. The monoisotopic (exact) mass is 486 g/mol. The number of anilines is 2. The van der Waals surface area contributed by atoms with E-state index in [4.69, 9.17) is 22.1 Å². The molecule has 0 amide bonds. The molecule has 8 unspecified atom stereocenters. The molecule has 0 heterocycles. The Bertz CT molecular complexity index is 921. The first kappa shape index (κ1) is 24.4. The number of ketones is 1. The number of Topliss-reactive ketones (excluding diaryl/α,β-unsaturated/α-hetero) is 1. The van der Waals surface area contributed by atoms with Crippen LogP contribution in [0, 0.1) is 46.3 Å². The first-order valence-corrected chi connectivity index (χ1v) is 14.0. The van der Waals surface area contributed by atoms with Crippen molar-refractivity contribution >= 4 is 28.8 Å². The molecule has 0 aliphatic heterocycles. The van der Waals surface area contributed by atoms with Gasteiger partial charge in [-0.15, -0.1) is 0 Å². The van der Waals surface area contributed by atoms with Gasteiger partial charge in [0.2, 0.25) is 0 Å². The van der Waals surface area contributed by atoms with Crippen LogP contribution in [-0.4, -0.2) is 26.0 Å². The van der Waals surface area contributed by atoms with Gasteiger partial charge in [0.15, 0.2) is 5.78 Å². The summed E-state index contributed by atoms with van der Waals surface area (Å²) >= 11 is 6.14. The Morgan fingerprint density at radius 1 is 1.15 bits per heavy atom. The number of hydrogen-bond donors (Lipinski definition) is 2. The Morgan fingerprint density at radius 2 is 1.97 bits per heavy atom. The first-order valence-electron chi connectivity index (χ1n) is 13.6. The van der Waals surface area contributed by atoms with Gasteiger partial charge in [-0.1, -0.05) is 31.9 Å². The molecule has 0 saturated heterocycles. The minimum Gasteiger partial charge on any atom is -0.397 e. The topological polar surface area (TPSA) is 64.3 Å². The quantitative estimate of drug-likeness (QED) is 0.433. The lowest BCUT2D eigenvalue weighted by Gasteiger charge is -2.62. The van der Waals surface area contributed by atoms with Gasteiger partial charge in [-0.05, 0) is 110 Å². The Balaban J connectivity index is 1.32. The number of nitrogens with one attached hydrogen (secondary N) is 1. The fraction of sp³-hybridized carbons (Fsp3) is 0.759. The summed E-state index contributed by atoms with van der Waals surface area (Å²) in [6.07, 6.45) is 11.5. The van der Waals surface area contributed by atoms with E-state index in [1.165, 1.54) is 51.4 Å². The first-order chi connectivity index (χ1) is 16.3. The predicted molar refractivity (Wildman–Crippen MR) is 140 cm³/mol. The Hall–Kier alpha value is -1.26. The molecule has 3 N–H and O–H groups in total. The van der Waals surface area contributed by atoms with E-state index >= 15 is 0 Å². The zero-order valence-corrected chi connectivity index (χ0v) is 22.0. The van der Waals surface area contributed by atoms with Crippen molar-refractivity contribution < 1.29 is 9.53 Å². The molecular weight excluding hydrogens is 444 g/mol. The van der Waals surface area contributed by atoms with Crippen LogP contribution in [-0.2, 0) is 9.53 Å². The molecule has 1 aromatic rings. The summed E-state index contributed by atoms with van der Waals surface area (Å²) in [5.41, 5.74) is 7.99. The standard InChI is InChI=1S/C29H43ClN2O2/c1-18-10-13-29(17-34-3)19(14-18)4-6-21-22-7-8-24(28(22,2)12-11-23(21)29)27(33)16-32-26-15-20(30)5-9-25(26)31/h5,9,15,18-19,21-24,32H,4,6-8,10-14,16-17,31H2,1-3H3. The highest BCUT2D eigenvalue weighted by Gasteiger charge is 2.62. The summed E-state index contributed by atoms with van der Waals surface area (Å²) in [5.74, 6) is 4.37. The molecule has 0 bridgehead atoms. The third-order valence-electron chi connectivity index (χ3n) is 10.9. The van der Waals surface area contributed by atoms with Crippen molar-refractivity contribution in [2.45, 2.75) is 71.6 Å². The summed E-state index contributed by atoms with van der Waals surface area (Å²) in [5, 5.41) is 3.92. The number of fused-ring (bicyclic) bond motifs is 5. The second-order valence-electron chi connectivity index (χ2n) is 12.4. The average molecular weight is 487 g/mol. The number of hydrogen-bond acceptors (Lipinski definition) is 4. The van der Waals surface area contributed by atoms with Crippen LogP contribution in [0.5, 0.6) is 0 Å². The minimum atomic E-state index is 0.128. The molecule has 5 rings (SSSR count). The Morgan fingerprint density at radius 3 is 2.76 bits per heavy atom. The molecule has 34 heavy (non-hydrogen) atoms. The molecule has 8 atom stereocenters. The molecule has 4 nitrogen and oxygen atoms in total. The highest BCUT2D eigenvalue weighted by Crippen LogP contribution is 2.68. The summed E-state index contributed by atoms with van der Waals surface area (Å²) in [4.78, 5) is 13.5. The van der Waals surface area contributed by atoms with Gasteiger partial charge in [-0.3, -0.25) is 4.79 Å². The molecule has 0 aromatic heterocycles. The number of benzene rings is 1. The maximum atomic E-state index is 13.5. The van der Waals surface area contributed by atoms with Gasteiger partial charge in [0.25, 0.3) is 0 Å². The highest BCUT2D eigenvalue weighted by molar-refractivity contribution is 6.31. The number of nitrogens with two attached hydrogens (primary N) is 1. The third kappa shape index (κ3) is 3.97. The zero-order valence-electron chi connectivity index (χ0n) is 21.2. The molecule has 0 radical (unpaired) electrons. The lowest BCUT2D eigenvalue weighted by Crippen LogP contribution is -2.56. The number of carbonyl (C=O) groups is 1. The average Bonchev–Trinajstić information content (AvgIpc) is 3.17. The molecule has 4 saturated carbocycles. The Kier molecular flexibility index (Phi) is 6.70. The minimum absolute atomic E-state index is 0.128. The van der Waals surface area contributed by atoms with Crippen LogP contribution in [0.1, 0.15) is 71.6 Å². The summed E-state index contributed by atoms with van der Waals surface area (Å²) in [6.45, 7) is 6.15. The SMILES string of the molecule is COCC12CCC(C)CC1CCC1C3CCC(C(=O)CNc4cc(Cl)ccc4N)C3(C)CCC12. The van der Waals surface area contributed by atoms with Crippen LogP contribution >= 0.6 is 11.6 Å². The van der Waals surface area contributed by atoms with E-state index in [2.05, 4.69) is 19.2 Å². The van der Waals surface area contributed by atoms with E-state index in [9.17, 15) is 4.79 Å². The van der Waals surface area contributed by atoms with E-state index in [0.717, 1.165) is 42.4 Å². The van der Waals surface area contributed by atoms with Crippen molar-refractivity contribution in [3.05, 3.63) is 23.2 Å². The maximum Gasteiger partial charge on any atom is 0.155 e. The zero-order chi connectivity index (χ0) is 24.1. The second kappa shape index (κ2) is 9.32. The van der Waals surface area contributed by atoms with E-state index in [0.29, 0.717) is 34.4 Å². The number of nitrogen functional groups attached to an aromatic ring is 1. The molecule has 4 aliphatic rings. The number of rotatable bonds is 6. The van der Waals surface area contributed by atoms with E-state index in [-0.39, 0.29) is 11.3 Å². The number of ether oxygens (including phenoxy) is 1. The fourth-order valence-corrected chi connectivity index (χ4v) is 9.50. The maximum absolute atomic E-state index is 13.5. The van der Waals surface area contributed by atoms with Crippen molar-refractivity contribution in [2.24, 2.45) is 46.3 Å². The lowest BCUT2D eigenvalue weighted by molar-refractivity contribution is -0.154. The van der Waals surface area contributed by atoms with Gasteiger partial charge >= 0.3 is 0 Å². The molecule has 188 valence electrons. The van der Waals surface area contributed by atoms with Crippen LogP contribution in [0.2, 0.25) is 5.02 Å². The van der Waals surface area contributed by atoms with E-state index in [1.807, 2.05) is 13.2 Å². The molecule has 4 aliphatic carbocycles. The third-order valence-corrected chi connectivity index (χ3v) is 11.1. The lowest BCUT2D eigenvalue weighted by atomic mass is 9.44. The molecular formula is C29H43ClN2O2. The molecule has 0 spiro atoms. The van der Waals surface area contributed by atoms with Crippen molar-refractivity contribution in [1.29, 1.82) is 0 Å². The van der Waals surface area contributed by atoms with Gasteiger partial charge in [-0.25, -0.2) is 0 Å². The van der Waals surface area contributed by atoms with Gasteiger partial charge in [0.1, 0.15) is 0 Å². The summed E-state index contributed by atoms with van der Waals surface area (Å²) < 4.78 is 5.93. The largest absolute Gasteiger partial charge is 0.397 e. The smallest absolute Gasteiger partial charge is 0.155 e. The van der Waals surface area contributed by atoms with Crippen LogP contribution in [0.15, 0.2) is 18.2 Å². The number of methoxy groups -OCH3 is 1. The van der Waals surface area contributed by atoms with Crippen LogP contribution in [0.3, 0.4) is 0 Å². The van der Waals surface area contributed by atoms with Crippen molar-refractivity contribution in [3.8, 4) is 0 Å². The molecule has 1 aromatic carbocycles. The van der Waals surface area contributed by atoms with Gasteiger partial charge in [-0.2, -0.15) is 0 Å². The van der Waals surface area contributed by atoms with Gasteiger partial charge < -0.3 is 15.8 Å². The van der Waals surface area contributed by atoms with Crippen LogP contribution in [0.4, 0.5) is 11.4 Å². The number of halogens is 1. The Labute approximate surface area is 210 Å². The fourth-order valence-electron chi connectivity index (χ4n) is 9.33. The van der Waals surface area contributed by atoms with E-state index < -0.39 is 0 Å². The normalized spacial score (nSPS) is 41.3. The molecule has 5 heteroatoms. The summed E-state index contributed by atoms with van der Waals surface area (Å²) in [6, 6.07) is 5.39.